The number of aromatic nitrogens is 3. The first-order valence-electron chi connectivity index (χ1n) is 7.87. The van der Waals surface area contributed by atoms with Gasteiger partial charge >= 0.3 is 6.01 Å². The normalized spacial score (nSPS) is 10.3. The van der Waals surface area contributed by atoms with Crippen molar-refractivity contribution >= 4 is 11.6 Å². The molecule has 128 valence electrons. The number of hydrogen-bond acceptors (Lipinski definition) is 5. The first-order valence-corrected chi connectivity index (χ1v) is 7.87. The first-order chi connectivity index (χ1) is 12.2. The van der Waals surface area contributed by atoms with E-state index in [0.717, 1.165) is 11.4 Å². The molecule has 0 aliphatic rings. The van der Waals surface area contributed by atoms with Gasteiger partial charge < -0.3 is 14.8 Å². The molecule has 0 atom stereocenters. The highest BCUT2D eigenvalue weighted by atomic mass is 16.5. The lowest BCUT2D eigenvalue weighted by Gasteiger charge is -2.07. The Bertz CT molecular complexity index is 816. The summed E-state index contributed by atoms with van der Waals surface area (Å²) in [5.41, 5.74) is 1.53. The van der Waals surface area contributed by atoms with E-state index in [-0.39, 0.29) is 18.5 Å². The number of nitrogens with one attached hydrogen (secondary N) is 1. The molecule has 25 heavy (non-hydrogen) atoms. The molecule has 0 aliphatic carbocycles. The van der Waals surface area contributed by atoms with Gasteiger partial charge in [0, 0.05) is 5.69 Å². The van der Waals surface area contributed by atoms with E-state index in [1.807, 2.05) is 37.3 Å². The van der Waals surface area contributed by atoms with Gasteiger partial charge in [0.2, 0.25) is 0 Å². The summed E-state index contributed by atoms with van der Waals surface area (Å²) < 4.78 is 12.3. The summed E-state index contributed by atoms with van der Waals surface area (Å²) >= 11 is 0. The van der Waals surface area contributed by atoms with Gasteiger partial charge in [-0.1, -0.05) is 18.2 Å². The van der Waals surface area contributed by atoms with Gasteiger partial charge in [-0.3, -0.25) is 4.79 Å². The number of benzene rings is 2. The second-order valence-corrected chi connectivity index (χ2v) is 5.10. The van der Waals surface area contributed by atoms with Crippen LogP contribution in [0.25, 0.3) is 5.69 Å². The highest BCUT2D eigenvalue weighted by Crippen LogP contribution is 2.15. The van der Waals surface area contributed by atoms with Crippen molar-refractivity contribution in [1.29, 1.82) is 0 Å². The highest BCUT2D eigenvalue weighted by molar-refractivity contribution is 5.91. The molecule has 1 aromatic heterocycles. The second-order valence-electron chi connectivity index (χ2n) is 5.10. The molecule has 2 aromatic carbocycles. The molecule has 3 aromatic rings. The van der Waals surface area contributed by atoms with Crippen LogP contribution in [-0.4, -0.2) is 33.9 Å². The minimum absolute atomic E-state index is 0.144. The van der Waals surface area contributed by atoms with Gasteiger partial charge in [-0.05, 0) is 43.3 Å². The zero-order valence-corrected chi connectivity index (χ0v) is 13.8. The monoisotopic (exact) mass is 338 g/mol. The van der Waals surface area contributed by atoms with Crippen molar-refractivity contribution in [3.63, 3.8) is 0 Å². The third-order valence-electron chi connectivity index (χ3n) is 3.27. The van der Waals surface area contributed by atoms with E-state index in [1.54, 1.807) is 28.9 Å². The van der Waals surface area contributed by atoms with Crippen LogP contribution >= 0.6 is 0 Å². The fraction of sp³-hybridized carbons (Fsp3) is 0.167. The molecule has 0 spiro atoms. The molecule has 7 heteroatoms. The number of nitrogens with zero attached hydrogens (tertiary/aromatic N) is 3. The Morgan fingerprint density at radius 2 is 1.84 bits per heavy atom. The summed E-state index contributed by atoms with van der Waals surface area (Å²) in [7, 11) is 0. The number of amides is 1. The van der Waals surface area contributed by atoms with E-state index in [1.165, 1.54) is 6.33 Å². The number of anilines is 1. The van der Waals surface area contributed by atoms with Gasteiger partial charge in [0.15, 0.2) is 6.61 Å². The summed E-state index contributed by atoms with van der Waals surface area (Å²) in [5.74, 6) is 0.465. The average molecular weight is 338 g/mol. The van der Waals surface area contributed by atoms with Crippen LogP contribution in [0.5, 0.6) is 11.8 Å². The Balaban J connectivity index is 1.51. The zero-order valence-electron chi connectivity index (χ0n) is 13.8. The van der Waals surface area contributed by atoms with Crippen LogP contribution in [0.2, 0.25) is 0 Å². The van der Waals surface area contributed by atoms with Crippen LogP contribution in [0.3, 0.4) is 0 Å². The van der Waals surface area contributed by atoms with Gasteiger partial charge in [0.1, 0.15) is 12.1 Å². The van der Waals surface area contributed by atoms with Crippen LogP contribution in [0.15, 0.2) is 60.9 Å². The summed E-state index contributed by atoms with van der Waals surface area (Å²) in [6.07, 6.45) is 1.54. The number of hydrogen-bond donors (Lipinski definition) is 1. The quantitative estimate of drug-likeness (QED) is 0.716. The minimum Gasteiger partial charge on any atom is -0.494 e. The fourth-order valence-electron chi connectivity index (χ4n) is 2.15. The topological polar surface area (TPSA) is 78.3 Å². The van der Waals surface area contributed by atoms with Crippen molar-refractivity contribution < 1.29 is 14.3 Å². The molecule has 0 bridgehead atoms. The third kappa shape index (κ3) is 4.57. The minimum atomic E-state index is -0.291. The molecule has 3 rings (SSSR count). The smallest absolute Gasteiger partial charge is 0.336 e. The van der Waals surface area contributed by atoms with E-state index < -0.39 is 0 Å². The van der Waals surface area contributed by atoms with Crippen molar-refractivity contribution in [3.05, 3.63) is 60.9 Å². The van der Waals surface area contributed by atoms with E-state index in [2.05, 4.69) is 15.4 Å². The number of ether oxygens (including phenoxy) is 2. The standard InChI is InChI=1S/C18H18N4O3/c1-2-24-16-10-8-14(9-11-16)20-17(23)12-25-18-19-13-22(21-18)15-6-4-3-5-7-15/h3-11,13H,2,12H2,1H3,(H,20,23). The molecule has 7 nitrogen and oxygen atoms in total. The maximum atomic E-state index is 11.9. The van der Waals surface area contributed by atoms with Crippen molar-refractivity contribution in [2.75, 3.05) is 18.5 Å². The molecule has 0 aliphatic heterocycles. The molecular weight excluding hydrogens is 320 g/mol. The van der Waals surface area contributed by atoms with E-state index >= 15 is 0 Å². The number of carbonyl (C=O) groups is 1. The molecule has 0 unspecified atom stereocenters. The van der Waals surface area contributed by atoms with Gasteiger partial charge in [-0.25, -0.2) is 4.68 Å². The molecule has 0 fully saturated rings. The van der Waals surface area contributed by atoms with Gasteiger partial charge in [-0.15, -0.1) is 5.10 Å². The van der Waals surface area contributed by atoms with Gasteiger partial charge in [0.25, 0.3) is 5.91 Å². The number of para-hydroxylation sites is 1. The zero-order chi connectivity index (χ0) is 17.5. The lowest BCUT2D eigenvalue weighted by Crippen LogP contribution is -2.20. The summed E-state index contributed by atoms with van der Waals surface area (Å²) in [6.45, 7) is 2.34. The highest BCUT2D eigenvalue weighted by Gasteiger charge is 2.08. The van der Waals surface area contributed by atoms with E-state index in [4.69, 9.17) is 9.47 Å². The maximum absolute atomic E-state index is 11.9. The van der Waals surface area contributed by atoms with Crippen molar-refractivity contribution in [1.82, 2.24) is 14.8 Å². The van der Waals surface area contributed by atoms with Gasteiger partial charge in [-0.2, -0.15) is 4.98 Å². The Morgan fingerprint density at radius 3 is 2.56 bits per heavy atom. The second kappa shape index (κ2) is 7.96. The molecule has 0 radical (unpaired) electrons. The van der Waals surface area contributed by atoms with E-state index in [9.17, 15) is 4.79 Å². The lowest BCUT2D eigenvalue weighted by molar-refractivity contribution is -0.118. The van der Waals surface area contributed by atoms with Crippen LogP contribution in [0.4, 0.5) is 5.69 Å². The Hall–Kier alpha value is -3.35. The summed E-state index contributed by atoms with van der Waals surface area (Å²) in [6, 6.07) is 16.8. The van der Waals surface area contributed by atoms with Gasteiger partial charge in [0.05, 0.1) is 12.3 Å². The molecule has 1 N–H and O–H groups in total. The Morgan fingerprint density at radius 1 is 1.08 bits per heavy atom. The number of carbonyl (C=O) groups excluding carboxylic acids is 1. The van der Waals surface area contributed by atoms with Crippen LogP contribution < -0.4 is 14.8 Å². The molecule has 0 saturated heterocycles. The first kappa shape index (κ1) is 16.5. The van der Waals surface area contributed by atoms with Crippen LogP contribution in [-0.2, 0) is 4.79 Å². The SMILES string of the molecule is CCOc1ccc(NC(=O)COc2ncn(-c3ccccc3)n2)cc1. The van der Waals surface area contributed by atoms with Crippen molar-refractivity contribution in [2.24, 2.45) is 0 Å². The average Bonchev–Trinajstić information content (AvgIpc) is 3.12. The largest absolute Gasteiger partial charge is 0.494 e. The Labute approximate surface area is 145 Å². The molecule has 1 heterocycles. The molecule has 0 saturated carbocycles. The summed E-state index contributed by atoms with van der Waals surface area (Å²) in [4.78, 5) is 16.0. The predicted octanol–water partition coefficient (Wildman–Crippen LogP) is 2.68. The van der Waals surface area contributed by atoms with Crippen molar-refractivity contribution in [2.45, 2.75) is 6.92 Å². The third-order valence-corrected chi connectivity index (χ3v) is 3.27. The Kier molecular flexibility index (Phi) is 5.26. The lowest BCUT2D eigenvalue weighted by atomic mass is 10.3. The summed E-state index contributed by atoms with van der Waals surface area (Å²) in [5, 5.41) is 6.92. The van der Waals surface area contributed by atoms with Crippen molar-refractivity contribution in [3.8, 4) is 17.4 Å². The molecule has 1 amide bonds. The fourth-order valence-corrected chi connectivity index (χ4v) is 2.15. The van der Waals surface area contributed by atoms with Crippen LogP contribution in [0.1, 0.15) is 6.92 Å². The van der Waals surface area contributed by atoms with E-state index in [0.29, 0.717) is 12.3 Å². The predicted molar refractivity (Wildman–Crippen MR) is 93.1 cm³/mol. The maximum Gasteiger partial charge on any atom is 0.336 e. The molecular formula is C18H18N4O3. The number of rotatable bonds is 7. The van der Waals surface area contributed by atoms with Crippen LogP contribution in [0, 0.1) is 0 Å².